The molecule has 1 aliphatic carbocycles. The van der Waals surface area contributed by atoms with E-state index in [-0.39, 0.29) is 29.5 Å². The molecule has 118 valence electrons. The van der Waals surface area contributed by atoms with E-state index in [2.05, 4.69) is 15.5 Å². The van der Waals surface area contributed by atoms with Gasteiger partial charge in [0.2, 0.25) is 5.91 Å². The van der Waals surface area contributed by atoms with Crippen LogP contribution in [0.5, 0.6) is 0 Å². The second-order valence-corrected chi connectivity index (χ2v) is 7.44. The van der Waals surface area contributed by atoms with Gasteiger partial charge < -0.3 is 4.90 Å². The first-order valence-electron chi connectivity index (χ1n) is 7.33. The summed E-state index contributed by atoms with van der Waals surface area (Å²) in [6.07, 6.45) is 2.14. The van der Waals surface area contributed by atoms with Crippen molar-refractivity contribution in [1.82, 2.24) is 25.1 Å². The molecule has 0 N–H and O–H groups in total. The highest BCUT2D eigenvalue weighted by Gasteiger charge is 2.29. The van der Waals surface area contributed by atoms with Crippen molar-refractivity contribution in [3.63, 3.8) is 0 Å². The van der Waals surface area contributed by atoms with Crippen molar-refractivity contribution in [3.8, 4) is 0 Å². The molecule has 0 saturated heterocycles. The van der Waals surface area contributed by atoms with Gasteiger partial charge in [-0.2, -0.15) is 0 Å². The normalized spacial score (nSPS) is 16.5. The van der Waals surface area contributed by atoms with Gasteiger partial charge in [0.25, 0.3) is 0 Å². The van der Waals surface area contributed by atoms with Crippen molar-refractivity contribution in [2.75, 3.05) is 5.75 Å². The molecular weight excluding hydrogens is 290 g/mol. The molecule has 0 aromatic carbocycles. The van der Waals surface area contributed by atoms with E-state index < -0.39 is 10.8 Å². The molecule has 1 aromatic rings. The first-order chi connectivity index (χ1) is 9.90. The number of hydrogen-bond donors (Lipinski definition) is 0. The highest BCUT2D eigenvalue weighted by Crippen LogP contribution is 2.34. The van der Waals surface area contributed by atoms with Crippen LogP contribution in [0.3, 0.4) is 0 Å². The number of rotatable bonds is 7. The summed E-state index contributed by atoms with van der Waals surface area (Å²) in [6, 6.07) is 0.558. The van der Waals surface area contributed by atoms with Gasteiger partial charge in [-0.1, -0.05) is 0 Å². The fourth-order valence-electron chi connectivity index (χ4n) is 2.49. The number of carbonyl (C=O) groups excluding carboxylic acids is 1. The third kappa shape index (κ3) is 4.09. The smallest absolute Gasteiger partial charge is 0.235 e. The Kier molecular flexibility index (Phi) is 5.08. The minimum atomic E-state index is -1.29. The van der Waals surface area contributed by atoms with E-state index in [1.807, 2.05) is 27.7 Å². The Morgan fingerprint density at radius 2 is 1.95 bits per heavy atom. The summed E-state index contributed by atoms with van der Waals surface area (Å²) in [6.45, 7) is 7.87. The van der Waals surface area contributed by atoms with Crippen LogP contribution in [0.15, 0.2) is 0 Å². The summed E-state index contributed by atoms with van der Waals surface area (Å²) in [7, 11) is -1.29. The van der Waals surface area contributed by atoms with E-state index in [1.165, 1.54) is 0 Å². The van der Waals surface area contributed by atoms with Gasteiger partial charge in [-0.25, -0.2) is 4.68 Å². The molecule has 1 fully saturated rings. The van der Waals surface area contributed by atoms with Crippen molar-refractivity contribution in [3.05, 3.63) is 5.82 Å². The van der Waals surface area contributed by atoms with Gasteiger partial charge in [-0.3, -0.25) is 9.00 Å². The van der Waals surface area contributed by atoms with Crippen LogP contribution in [0.2, 0.25) is 0 Å². The monoisotopic (exact) mass is 313 g/mol. The number of aromatic nitrogens is 4. The first kappa shape index (κ1) is 16.1. The van der Waals surface area contributed by atoms with Crippen LogP contribution in [0.25, 0.3) is 0 Å². The maximum absolute atomic E-state index is 12.3. The standard InChI is InChI=1S/C13H23N5O2S/c1-9(2)17(10(3)4)13(19)8-21(20)7-12-14-15-16-18(12)11-5-6-11/h9-11H,5-8H2,1-4H3. The van der Waals surface area contributed by atoms with Crippen LogP contribution in [-0.2, 0) is 21.3 Å². The van der Waals surface area contributed by atoms with E-state index >= 15 is 0 Å². The fraction of sp³-hybridized carbons (Fsp3) is 0.846. The Bertz CT molecular complexity index is 516. The molecule has 0 radical (unpaired) electrons. The zero-order valence-corrected chi connectivity index (χ0v) is 13.8. The Morgan fingerprint density at radius 1 is 1.33 bits per heavy atom. The molecule has 1 aliphatic rings. The number of amides is 1. The topological polar surface area (TPSA) is 81.0 Å². The van der Waals surface area contributed by atoms with Crippen molar-refractivity contribution >= 4 is 16.7 Å². The molecule has 0 bridgehead atoms. The molecule has 8 heteroatoms. The lowest BCUT2D eigenvalue weighted by atomic mass is 10.2. The SMILES string of the molecule is CC(C)N(C(=O)CS(=O)Cc1nnnn1C1CC1)C(C)C. The van der Waals surface area contributed by atoms with Crippen LogP contribution in [-0.4, -0.2) is 53.1 Å². The third-order valence-corrected chi connectivity index (χ3v) is 4.58. The lowest BCUT2D eigenvalue weighted by Gasteiger charge is -2.30. The van der Waals surface area contributed by atoms with Gasteiger partial charge in [0.05, 0.1) is 11.8 Å². The molecule has 0 aliphatic heterocycles. The molecule has 1 unspecified atom stereocenters. The van der Waals surface area contributed by atoms with E-state index in [0.29, 0.717) is 11.9 Å². The lowest BCUT2D eigenvalue weighted by molar-refractivity contribution is -0.131. The average Bonchev–Trinajstić information content (AvgIpc) is 3.09. The third-order valence-electron chi connectivity index (χ3n) is 3.43. The van der Waals surface area contributed by atoms with Crippen molar-refractivity contribution in [2.45, 2.75) is 64.4 Å². The minimum Gasteiger partial charge on any atom is -0.337 e. The molecule has 7 nitrogen and oxygen atoms in total. The largest absolute Gasteiger partial charge is 0.337 e. The predicted octanol–water partition coefficient (Wildman–Crippen LogP) is 0.902. The Balaban J connectivity index is 1.94. The van der Waals surface area contributed by atoms with Crippen molar-refractivity contribution in [1.29, 1.82) is 0 Å². The molecule has 2 rings (SSSR count). The first-order valence-corrected chi connectivity index (χ1v) is 8.81. The molecule has 21 heavy (non-hydrogen) atoms. The maximum atomic E-state index is 12.3. The van der Waals surface area contributed by atoms with Crippen molar-refractivity contribution in [2.24, 2.45) is 0 Å². The lowest BCUT2D eigenvalue weighted by Crippen LogP contribution is -2.44. The second-order valence-electron chi connectivity index (χ2n) is 5.99. The van der Waals surface area contributed by atoms with E-state index in [1.54, 1.807) is 9.58 Å². The van der Waals surface area contributed by atoms with Gasteiger partial charge in [0, 0.05) is 22.9 Å². The van der Waals surface area contributed by atoms with Gasteiger partial charge >= 0.3 is 0 Å². The van der Waals surface area contributed by atoms with Crippen LogP contribution >= 0.6 is 0 Å². The summed E-state index contributed by atoms with van der Waals surface area (Å²) in [5, 5.41) is 11.5. The minimum absolute atomic E-state index is 0.0217. The van der Waals surface area contributed by atoms with Crippen LogP contribution < -0.4 is 0 Å². The van der Waals surface area contributed by atoms with Crippen LogP contribution in [0.4, 0.5) is 0 Å². The highest BCUT2D eigenvalue weighted by atomic mass is 32.2. The zero-order valence-electron chi connectivity index (χ0n) is 13.0. The van der Waals surface area contributed by atoms with E-state index in [9.17, 15) is 9.00 Å². The number of hydrogen-bond acceptors (Lipinski definition) is 5. The zero-order chi connectivity index (χ0) is 15.6. The number of carbonyl (C=O) groups is 1. The Morgan fingerprint density at radius 3 is 2.48 bits per heavy atom. The molecule has 1 amide bonds. The quantitative estimate of drug-likeness (QED) is 0.747. The summed E-state index contributed by atoms with van der Waals surface area (Å²) < 4.78 is 14.0. The van der Waals surface area contributed by atoms with Gasteiger partial charge in [0.1, 0.15) is 5.75 Å². The highest BCUT2D eigenvalue weighted by molar-refractivity contribution is 7.84. The Hall–Kier alpha value is -1.31. The summed E-state index contributed by atoms with van der Waals surface area (Å²) in [5.41, 5.74) is 0. The summed E-state index contributed by atoms with van der Waals surface area (Å²) in [5.74, 6) is 0.792. The maximum Gasteiger partial charge on any atom is 0.235 e. The van der Waals surface area contributed by atoms with Crippen LogP contribution in [0, 0.1) is 0 Å². The number of tetrazole rings is 1. The molecule has 1 atom stereocenters. The summed E-state index contributed by atoms with van der Waals surface area (Å²) >= 11 is 0. The molecular formula is C13H23N5O2S. The van der Waals surface area contributed by atoms with E-state index in [4.69, 9.17) is 0 Å². The van der Waals surface area contributed by atoms with Crippen LogP contribution in [0.1, 0.15) is 52.4 Å². The van der Waals surface area contributed by atoms with Gasteiger partial charge in [-0.15, -0.1) is 5.10 Å². The summed E-state index contributed by atoms with van der Waals surface area (Å²) in [4.78, 5) is 14.0. The fourth-order valence-corrected chi connectivity index (χ4v) is 3.49. The van der Waals surface area contributed by atoms with Gasteiger partial charge in [-0.05, 0) is 51.0 Å². The molecule has 1 saturated carbocycles. The predicted molar refractivity (Wildman–Crippen MR) is 79.9 cm³/mol. The van der Waals surface area contributed by atoms with E-state index in [0.717, 1.165) is 12.8 Å². The Labute approximate surface area is 127 Å². The van der Waals surface area contributed by atoms with Gasteiger partial charge in [0.15, 0.2) is 5.82 Å². The van der Waals surface area contributed by atoms with Crippen molar-refractivity contribution < 1.29 is 9.00 Å². The molecule has 0 spiro atoms. The second kappa shape index (κ2) is 6.64. The number of nitrogens with zero attached hydrogens (tertiary/aromatic N) is 5. The molecule has 1 heterocycles. The molecule has 1 aromatic heterocycles. The average molecular weight is 313 g/mol.